The zero-order valence-corrected chi connectivity index (χ0v) is 24.1. The lowest BCUT2D eigenvalue weighted by atomic mass is 9.80. The predicted molar refractivity (Wildman–Crippen MR) is 162 cm³/mol. The molecule has 0 bridgehead atoms. The zero-order chi connectivity index (χ0) is 28.9. The Kier molecular flexibility index (Phi) is 8.27. The third-order valence-corrected chi connectivity index (χ3v) is 7.25. The molecular formula is C36H37NO4. The number of hydrogen-bond acceptors (Lipinski definition) is 4. The standard InChI is InChI=1S/C36H37NO4/c1-35(2,3)41-34(38)37-31(22-25-33(37)27-20-23-32(39-4)24-21-27)26-40-36(28-14-8-5-9-15-28,29-16-10-6-11-17-29)30-18-12-7-13-19-30/h5-25,31,33H,26H2,1-4H3/t31-,33?/m0/s1. The first-order chi connectivity index (χ1) is 19.8. The summed E-state index contributed by atoms with van der Waals surface area (Å²) < 4.78 is 18.3. The molecule has 1 unspecified atom stereocenters. The van der Waals surface area contributed by atoms with E-state index in [9.17, 15) is 4.79 Å². The van der Waals surface area contributed by atoms with Crippen LogP contribution in [0.3, 0.4) is 0 Å². The van der Waals surface area contributed by atoms with Crippen LogP contribution in [-0.4, -0.2) is 36.4 Å². The van der Waals surface area contributed by atoms with Crippen molar-refractivity contribution in [3.8, 4) is 5.75 Å². The Bertz CT molecular complexity index is 1350. The quantitative estimate of drug-likeness (QED) is 0.166. The Morgan fingerprint density at radius 1 is 0.707 bits per heavy atom. The van der Waals surface area contributed by atoms with Gasteiger partial charge in [-0.05, 0) is 55.2 Å². The summed E-state index contributed by atoms with van der Waals surface area (Å²) >= 11 is 0. The van der Waals surface area contributed by atoms with E-state index in [1.54, 1.807) is 12.0 Å². The van der Waals surface area contributed by atoms with Crippen molar-refractivity contribution in [3.05, 3.63) is 150 Å². The summed E-state index contributed by atoms with van der Waals surface area (Å²) in [7, 11) is 1.64. The first kappa shape index (κ1) is 28.2. The summed E-state index contributed by atoms with van der Waals surface area (Å²) in [5.74, 6) is 0.762. The van der Waals surface area contributed by atoms with Crippen LogP contribution in [0.15, 0.2) is 127 Å². The monoisotopic (exact) mass is 547 g/mol. The average Bonchev–Trinajstić information content (AvgIpc) is 3.43. The van der Waals surface area contributed by atoms with Gasteiger partial charge in [0.1, 0.15) is 17.0 Å². The summed E-state index contributed by atoms with van der Waals surface area (Å²) in [4.78, 5) is 15.5. The van der Waals surface area contributed by atoms with Gasteiger partial charge < -0.3 is 14.2 Å². The minimum absolute atomic E-state index is 0.251. The first-order valence-corrected chi connectivity index (χ1v) is 14.0. The second kappa shape index (κ2) is 12.0. The van der Waals surface area contributed by atoms with Crippen LogP contribution in [0, 0.1) is 0 Å². The van der Waals surface area contributed by atoms with Gasteiger partial charge in [0.25, 0.3) is 0 Å². The molecule has 4 aromatic rings. The highest BCUT2D eigenvalue weighted by Gasteiger charge is 2.42. The molecule has 5 heteroatoms. The molecule has 5 rings (SSSR count). The molecule has 1 aliphatic heterocycles. The molecule has 0 aromatic heterocycles. The Morgan fingerprint density at radius 2 is 1.20 bits per heavy atom. The van der Waals surface area contributed by atoms with Crippen LogP contribution in [0.25, 0.3) is 0 Å². The minimum atomic E-state index is -0.893. The Balaban J connectivity index is 1.54. The molecule has 5 nitrogen and oxygen atoms in total. The van der Waals surface area contributed by atoms with Crippen molar-refractivity contribution in [2.75, 3.05) is 13.7 Å². The van der Waals surface area contributed by atoms with E-state index in [2.05, 4.69) is 42.5 Å². The lowest BCUT2D eigenvalue weighted by Crippen LogP contribution is -2.45. The Hall–Kier alpha value is -4.35. The third-order valence-electron chi connectivity index (χ3n) is 7.25. The number of carbonyl (C=O) groups excluding carboxylic acids is 1. The molecule has 0 saturated carbocycles. The van der Waals surface area contributed by atoms with E-state index in [0.717, 1.165) is 28.0 Å². The summed E-state index contributed by atoms with van der Waals surface area (Å²) in [6.07, 6.45) is 3.71. The van der Waals surface area contributed by atoms with E-state index in [-0.39, 0.29) is 24.8 Å². The van der Waals surface area contributed by atoms with Crippen LogP contribution in [0.2, 0.25) is 0 Å². The molecule has 0 aliphatic carbocycles. The fourth-order valence-electron chi connectivity index (χ4n) is 5.38. The number of rotatable bonds is 8. The molecule has 1 aliphatic rings. The second-order valence-corrected chi connectivity index (χ2v) is 11.1. The Labute approximate surface area is 243 Å². The molecular weight excluding hydrogens is 510 g/mol. The smallest absolute Gasteiger partial charge is 0.411 e. The summed E-state index contributed by atoms with van der Waals surface area (Å²) in [5, 5.41) is 0. The van der Waals surface area contributed by atoms with Crippen LogP contribution in [0.1, 0.15) is 49.1 Å². The number of hydrogen-bond donors (Lipinski definition) is 0. The van der Waals surface area contributed by atoms with E-state index < -0.39 is 11.2 Å². The van der Waals surface area contributed by atoms with E-state index in [1.165, 1.54) is 0 Å². The van der Waals surface area contributed by atoms with Crippen LogP contribution in [-0.2, 0) is 15.1 Å². The molecule has 0 radical (unpaired) electrons. The fourth-order valence-corrected chi connectivity index (χ4v) is 5.38. The molecule has 1 heterocycles. The van der Waals surface area contributed by atoms with Crippen molar-refractivity contribution in [2.45, 2.75) is 44.1 Å². The number of methoxy groups -OCH3 is 1. The van der Waals surface area contributed by atoms with Crippen LogP contribution in [0.5, 0.6) is 5.75 Å². The lowest BCUT2D eigenvalue weighted by Gasteiger charge is -2.38. The molecule has 0 saturated heterocycles. The van der Waals surface area contributed by atoms with Gasteiger partial charge in [0.05, 0.1) is 25.8 Å². The first-order valence-electron chi connectivity index (χ1n) is 14.0. The minimum Gasteiger partial charge on any atom is -0.497 e. The van der Waals surface area contributed by atoms with E-state index in [1.807, 2.05) is 106 Å². The van der Waals surface area contributed by atoms with Crippen LogP contribution < -0.4 is 4.74 Å². The molecule has 41 heavy (non-hydrogen) atoms. The molecule has 0 fully saturated rings. The van der Waals surface area contributed by atoms with Gasteiger partial charge in [0.2, 0.25) is 0 Å². The summed E-state index contributed by atoms with van der Waals surface area (Å²) in [5.41, 5.74) is 2.46. The zero-order valence-electron chi connectivity index (χ0n) is 24.1. The van der Waals surface area contributed by atoms with Crippen molar-refractivity contribution < 1.29 is 19.0 Å². The van der Waals surface area contributed by atoms with Crippen molar-refractivity contribution in [1.29, 1.82) is 0 Å². The van der Waals surface area contributed by atoms with Gasteiger partial charge in [-0.25, -0.2) is 4.79 Å². The Morgan fingerprint density at radius 3 is 1.63 bits per heavy atom. The van der Waals surface area contributed by atoms with Gasteiger partial charge in [-0.1, -0.05) is 115 Å². The molecule has 4 aromatic carbocycles. The lowest BCUT2D eigenvalue weighted by molar-refractivity contribution is -0.0262. The number of carbonyl (C=O) groups is 1. The SMILES string of the molecule is COc1ccc(C2C=C[C@@H](COC(c3ccccc3)(c3ccccc3)c3ccccc3)N2C(=O)OC(C)(C)C)cc1. The normalized spacial score (nSPS) is 16.9. The fraction of sp³-hybridized carbons (Fsp3) is 0.250. The molecule has 210 valence electrons. The highest BCUT2D eigenvalue weighted by molar-refractivity contribution is 5.71. The molecule has 1 amide bonds. The third kappa shape index (κ3) is 6.06. The van der Waals surface area contributed by atoms with Gasteiger partial charge in [-0.2, -0.15) is 0 Å². The van der Waals surface area contributed by atoms with Gasteiger partial charge in [-0.15, -0.1) is 0 Å². The number of nitrogens with zero attached hydrogens (tertiary/aromatic N) is 1. The van der Waals surface area contributed by atoms with Crippen LogP contribution >= 0.6 is 0 Å². The van der Waals surface area contributed by atoms with Crippen molar-refractivity contribution >= 4 is 6.09 Å². The molecule has 0 spiro atoms. The summed E-state index contributed by atoms with van der Waals surface area (Å²) in [6, 6.07) is 37.9. The summed E-state index contributed by atoms with van der Waals surface area (Å²) in [6.45, 7) is 5.90. The molecule has 0 N–H and O–H groups in total. The van der Waals surface area contributed by atoms with Crippen molar-refractivity contribution in [3.63, 3.8) is 0 Å². The van der Waals surface area contributed by atoms with E-state index >= 15 is 0 Å². The van der Waals surface area contributed by atoms with Gasteiger partial charge in [0.15, 0.2) is 0 Å². The van der Waals surface area contributed by atoms with Crippen molar-refractivity contribution in [2.24, 2.45) is 0 Å². The maximum atomic E-state index is 13.7. The average molecular weight is 548 g/mol. The maximum absolute atomic E-state index is 13.7. The van der Waals surface area contributed by atoms with Crippen LogP contribution in [0.4, 0.5) is 4.79 Å². The largest absolute Gasteiger partial charge is 0.497 e. The molecule has 2 atom stereocenters. The topological polar surface area (TPSA) is 48.0 Å². The second-order valence-electron chi connectivity index (χ2n) is 11.1. The number of amides is 1. The number of ether oxygens (including phenoxy) is 3. The highest BCUT2D eigenvalue weighted by atomic mass is 16.6. The highest BCUT2D eigenvalue weighted by Crippen LogP contribution is 2.42. The maximum Gasteiger partial charge on any atom is 0.411 e. The van der Waals surface area contributed by atoms with E-state index in [0.29, 0.717) is 0 Å². The van der Waals surface area contributed by atoms with Gasteiger partial charge in [-0.3, -0.25) is 4.90 Å². The van der Waals surface area contributed by atoms with Gasteiger partial charge >= 0.3 is 6.09 Å². The van der Waals surface area contributed by atoms with Crippen molar-refractivity contribution in [1.82, 2.24) is 4.90 Å². The predicted octanol–water partition coefficient (Wildman–Crippen LogP) is 7.92. The number of benzene rings is 4. The van der Waals surface area contributed by atoms with E-state index in [4.69, 9.17) is 14.2 Å². The van der Waals surface area contributed by atoms with Gasteiger partial charge in [0, 0.05) is 0 Å².